The third kappa shape index (κ3) is 3.76. The van der Waals surface area contributed by atoms with Gasteiger partial charge in [0.05, 0.1) is 11.7 Å². The van der Waals surface area contributed by atoms with Gasteiger partial charge in [0.15, 0.2) is 0 Å². The molecule has 3 heterocycles. The Balaban J connectivity index is 0.00000210. The molecule has 146 valence electrons. The second-order valence-electron chi connectivity index (χ2n) is 7.83. The summed E-state index contributed by atoms with van der Waals surface area (Å²) in [6, 6.07) is 10.8. The highest BCUT2D eigenvalue weighted by Gasteiger charge is 2.46. The predicted molar refractivity (Wildman–Crippen MR) is 109 cm³/mol. The molecule has 5 nitrogen and oxygen atoms in total. The maximum absolute atomic E-state index is 13.1. The van der Waals surface area contributed by atoms with Gasteiger partial charge in [0, 0.05) is 44.2 Å². The molecule has 4 rings (SSSR count). The molecule has 1 aromatic carbocycles. The summed E-state index contributed by atoms with van der Waals surface area (Å²) in [4.78, 5) is 15.3. The Hall–Kier alpha value is -1.85. The topological polar surface area (TPSA) is 50.2 Å². The minimum atomic E-state index is 0. The number of nitrogens with one attached hydrogen (secondary N) is 1. The van der Waals surface area contributed by atoms with Crippen LogP contribution in [0.5, 0.6) is 0 Å². The summed E-state index contributed by atoms with van der Waals surface area (Å²) < 4.78 is 1.95. The number of hydrogen-bond acceptors (Lipinski definition) is 3. The van der Waals surface area contributed by atoms with Crippen LogP contribution < -0.4 is 5.32 Å². The molecular formula is C21H29ClN4O. The number of amides is 1. The summed E-state index contributed by atoms with van der Waals surface area (Å²) in [6.45, 7) is 9.75. The molecule has 1 N–H and O–H groups in total. The largest absolute Gasteiger partial charge is 0.335 e. The monoisotopic (exact) mass is 388 g/mol. The third-order valence-electron chi connectivity index (χ3n) is 6.03. The van der Waals surface area contributed by atoms with Crippen LogP contribution in [0, 0.1) is 32.6 Å². The zero-order valence-corrected chi connectivity index (χ0v) is 17.1. The van der Waals surface area contributed by atoms with Gasteiger partial charge in [-0.2, -0.15) is 5.10 Å². The Labute approximate surface area is 167 Å². The fraction of sp³-hybridized carbons (Fsp3) is 0.524. The molecule has 0 spiro atoms. The van der Waals surface area contributed by atoms with E-state index in [0.29, 0.717) is 24.8 Å². The first-order chi connectivity index (χ1) is 12.5. The van der Waals surface area contributed by atoms with Crippen molar-refractivity contribution in [1.82, 2.24) is 20.0 Å². The van der Waals surface area contributed by atoms with E-state index in [1.54, 1.807) is 0 Å². The number of likely N-dealkylation sites (tertiary alicyclic amines) is 1. The minimum absolute atomic E-state index is 0. The van der Waals surface area contributed by atoms with E-state index in [0.717, 1.165) is 31.0 Å². The standard InChI is InChI=1S/C21H28N4O.ClH/c1-14-6-4-5-7-18(14)21-19-12-22-11-17(19)13-24(21)20(26)8-9-25-16(3)10-15(2)23-25;/h4-7,10,17,19,21-22H,8-9,11-13H2,1-3H3;1H/t17-,19-,21+;/m0./s1. The van der Waals surface area contributed by atoms with E-state index >= 15 is 0 Å². The number of rotatable bonds is 4. The molecule has 27 heavy (non-hydrogen) atoms. The number of halogens is 1. The van der Waals surface area contributed by atoms with E-state index in [1.165, 1.54) is 11.1 Å². The van der Waals surface area contributed by atoms with Crippen LogP contribution in [0.15, 0.2) is 30.3 Å². The van der Waals surface area contributed by atoms with Gasteiger partial charge >= 0.3 is 0 Å². The van der Waals surface area contributed by atoms with Crippen molar-refractivity contribution in [3.05, 3.63) is 52.8 Å². The summed E-state index contributed by atoms with van der Waals surface area (Å²) >= 11 is 0. The molecule has 2 fully saturated rings. The fourth-order valence-corrected chi connectivity index (χ4v) is 4.74. The Morgan fingerprint density at radius 2 is 2.00 bits per heavy atom. The quantitative estimate of drug-likeness (QED) is 0.875. The summed E-state index contributed by atoms with van der Waals surface area (Å²) in [5, 5.41) is 8.01. The van der Waals surface area contributed by atoms with Crippen molar-refractivity contribution in [2.45, 2.75) is 39.8 Å². The molecule has 0 aliphatic carbocycles. The number of hydrogen-bond donors (Lipinski definition) is 1. The molecule has 0 radical (unpaired) electrons. The van der Waals surface area contributed by atoms with Gasteiger partial charge in [-0.15, -0.1) is 12.4 Å². The van der Waals surface area contributed by atoms with Crippen LogP contribution in [-0.4, -0.2) is 40.2 Å². The van der Waals surface area contributed by atoms with Crippen LogP contribution in [0.3, 0.4) is 0 Å². The third-order valence-corrected chi connectivity index (χ3v) is 6.03. The van der Waals surface area contributed by atoms with Crippen LogP contribution in [0.25, 0.3) is 0 Å². The number of benzene rings is 1. The Bertz CT molecular complexity index is 818. The van der Waals surface area contributed by atoms with Crippen molar-refractivity contribution in [3.8, 4) is 0 Å². The van der Waals surface area contributed by atoms with Gasteiger partial charge in [-0.1, -0.05) is 24.3 Å². The molecule has 2 aromatic rings. The lowest BCUT2D eigenvalue weighted by Crippen LogP contribution is -2.35. The van der Waals surface area contributed by atoms with E-state index in [2.05, 4.69) is 52.6 Å². The first-order valence-corrected chi connectivity index (χ1v) is 9.61. The highest BCUT2D eigenvalue weighted by Crippen LogP contribution is 2.43. The lowest BCUT2D eigenvalue weighted by molar-refractivity contribution is -0.133. The van der Waals surface area contributed by atoms with E-state index < -0.39 is 0 Å². The maximum Gasteiger partial charge on any atom is 0.224 e. The molecule has 2 saturated heterocycles. The summed E-state index contributed by atoms with van der Waals surface area (Å²) in [5.41, 5.74) is 4.72. The van der Waals surface area contributed by atoms with Gasteiger partial charge in [-0.25, -0.2) is 0 Å². The van der Waals surface area contributed by atoms with Gasteiger partial charge in [0.1, 0.15) is 0 Å². The van der Waals surface area contributed by atoms with Crippen molar-refractivity contribution in [2.24, 2.45) is 11.8 Å². The molecule has 2 aliphatic rings. The molecule has 3 atom stereocenters. The van der Waals surface area contributed by atoms with E-state index in [-0.39, 0.29) is 24.4 Å². The average Bonchev–Trinajstić information content (AvgIpc) is 3.27. The van der Waals surface area contributed by atoms with Gasteiger partial charge in [0.25, 0.3) is 0 Å². The second kappa shape index (κ2) is 8.03. The number of fused-ring (bicyclic) bond motifs is 1. The molecule has 2 aliphatic heterocycles. The zero-order valence-electron chi connectivity index (χ0n) is 16.3. The van der Waals surface area contributed by atoms with Crippen molar-refractivity contribution in [2.75, 3.05) is 19.6 Å². The lowest BCUT2D eigenvalue weighted by Gasteiger charge is -2.29. The molecule has 6 heteroatoms. The summed E-state index contributed by atoms with van der Waals surface area (Å²) in [6.07, 6.45) is 0.511. The SMILES string of the molecule is Cc1cc(C)n(CCC(=O)N2C[C@@H]3CNC[C@@H]3[C@H]2c2ccccc2C)n1.Cl. The van der Waals surface area contributed by atoms with Crippen molar-refractivity contribution < 1.29 is 4.79 Å². The Morgan fingerprint density at radius 3 is 2.70 bits per heavy atom. The van der Waals surface area contributed by atoms with E-state index in [1.807, 2.05) is 18.5 Å². The normalized spacial score (nSPS) is 24.0. The number of carbonyl (C=O) groups is 1. The van der Waals surface area contributed by atoms with E-state index in [9.17, 15) is 4.79 Å². The average molecular weight is 389 g/mol. The van der Waals surface area contributed by atoms with Crippen molar-refractivity contribution in [3.63, 3.8) is 0 Å². The smallest absolute Gasteiger partial charge is 0.224 e. The van der Waals surface area contributed by atoms with E-state index in [4.69, 9.17) is 0 Å². The number of aryl methyl sites for hydroxylation is 4. The van der Waals surface area contributed by atoms with Crippen LogP contribution in [-0.2, 0) is 11.3 Å². The Morgan fingerprint density at radius 1 is 1.22 bits per heavy atom. The summed E-state index contributed by atoms with van der Waals surface area (Å²) in [5.74, 6) is 1.34. The molecule has 0 unspecified atom stereocenters. The molecule has 1 aromatic heterocycles. The number of aromatic nitrogens is 2. The highest BCUT2D eigenvalue weighted by molar-refractivity contribution is 5.85. The van der Waals surface area contributed by atoms with Crippen LogP contribution in [0.4, 0.5) is 0 Å². The van der Waals surface area contributed by atoms with Gasteiger partial charge in [-0.3, -0.25) is 9.48 Å². The van der Waals surface area contributed by atoms with Crippen LogP contribution >= 0.6 is 12.4 Å². The van der Waals surface area contributed by atoms with Gasteiger partial charge in [-0.05, 0) is 43.9 Å². The second-order valence-corrected chi connectivity index (χ2v) is 7.83. The molecule has 0 bridgehead atoms. The van der Waals surface area contributed by atoms with Crippen molar-refractivity contribution >= 4 is 18.3 Å². The molecule has 1 amide bonds. The van der Waals surface area contributed by atoms with Crippen LogP contribution in [0.1, 0.15) is 35.0 Å². The molecule has 0 saturated carbocycles. The van der Waals surface area contributed by atoms with Crippen LogP contribution in [0.2, 0.25) is 0 Å². The first kappa shape index (κ1) is 19.9. The van der Waals surface area contributed by atoms with Gasteiger partial charge in [0.2, 0.25) is 5.91 Å². The first-order valence-electron chi connectivity index (χ1n) is 9.61. The Kier molecular flexibility index (Phi) is 5.92. The summed E-state index contributed by atoms with van der Waals surface area (Å²) in [7, 11) is 0. The number of nitrogens with zero attached hydrogens (tertiary/aromatic N) is 3. The fourth-order valence-electron chi connectivity index (χ4n) is 4.74. The van der Waals surface area contributed by atoms with Crippen molar-refractivity contribution in [1.29, 1.82) is 0 Å². The number of carbonyl (C=O) groups excluding carboxylic acids is 1. The highest BCUT2D eigenvalue weighted by atomic mass is 35.5. The minimum Gasteiger partial charge on any atom is -0.335 e. The lowest BCUT2D eigenvalue weighted by atomic mass is 9.87. The maximum atomic E-state index is 13.1. The van der Waals surface area contributed by atoms with Gasteiger partial charge < -0.3 is 10.2 Å². The zero-order chi connectivity index (χ0) is 18.3. The predicted octanol–water partition coefficient (Wildman–Crippen LogP) is 3.04. The molecular weight excluding hydrogens is 360 g/mol.